The molecule has 0 amide bonds. The van der Waals surface area contributed by atoms with E-state index in [1.54, 1.807) is 0 Å². The van der Waals surface area contributed by atoms with Gasteiger partial charge in [0.1, 0.15) is 0 Å². The minimum absolute atomic E-state index is 0.518. The topological polar surface area (TPSA) is 0 Å². The summed E-state index contributed by atoms with van der Waals surface area (Å²) in [5.41, 5.74) is 1.33. The highest BCUT2D eigenvalue weighted by Gasteiger charge is 2.24. The minimum atomic E-state index is 0.518. The van der Waals surface area contributed by atoms with E-state index in [9.17, 15) is 0 Å². The van der Waals surface area contributed by atoms with Gasteiger partial charge < -0.3 is 0 Å². The molecule has 0 aliphatic carbocycles. The molecule has 3 unspecified atom stereocenters. The van der Waals surface area contributed by atoms with Gasteiger partial charge in [-0.05, 0) is 29.8 Å². The van der Waals surface area contributed by atoms with E-state index >= 15 is 0 Å². The van der Waals surface area contributed by atoms with E-state index in [2.05, 4.69) is 43.9 Å². The Kier molecular flexibility index (Phi) is 5.41. The van der Waals surface area contributed by atoms with Crippen LogP contribution in [0.1, 0.15) is 53.9 Å². The highest BCUT2D eigenvalue weighted by Crippen LogP contribution is 2.34. The third-order valence-electron chi connectivity index (χ3n) is 3.43. The van der Waals surface area contributed by atoms with Crippen molar-refractivity contribution in [3.63, 3.8) is 0 Å². The first-order chi connectivity index (χ1) is 5.44. The van der Waals surface area contributed by atoms with Gasteiger partial charge in [0.25, 0.3) is 0 Å². The summed E-state index contributed by atoms with van der Waals surface area (Å²) in [6.45, 7) is 11.7. The van der Waals surface area contributed by atoms with Gasteiger partial charge in [-0.15, -0.1) is 9.24 Å². The Hall–Kier alpha value is 0.430. The van der Waals surface area contributed by atoms with Gasteiger partial charge >= 0.3 is 0 Å². The predicted molar refractivity (Wildman–Crippen MR) is 61.6 cm³/mol. The molecule has 0 fully saturated rings. The van der Waals surface area contributed by atoms with E-state index in [1.807, 2.05) is 0 Å². The second kappa shape index (κ2) is 5.22. The van der Waals surface area contributed by atoms with Crippen LogP contribution < -0.4 is 0 Å². The summed E-state index contributed by atoms with van der Waals surface area (Å²) in [4.78, 5) is 0. The Labute approximate surface area is 80.7 Å². The molecule has 0 heterocycles. The lowest BCUT2D eigenvalue weighted by atomic mass is 9.75. The molecule has 74 valence electrons. The van der Waals surface area contributed by atoms with Gasteiger partial charge in [0.2, 0.25) is 0 Å². The highest BCUT2D eigenvalue weighted by atomic mass is 31.0. The molecule has 0 aromatic carbocycles. The smallest absolute Gasteiger partial charge is 0.0264 e. The molecule has 1 heteroatoms. The largest absolute Gasteiger partial charge is 0.134 e. The molecule has 0 aliphatic heterocycles. The zero-order valence-corrected chi connectivity index (χ0v) is 10.5. The maximum Gasteiger partial charge on any atom is -0.0264 e. The number of rotatable bonds is 5. The standard InChI is InChI=1S/C11H25P/c1-6-10(12)8-9(3)11(4,5)7-2/h9-10H,6-8,12H2,1-5H3. The fourth-order valence-corrected chi connectivity index (χ4v) is 1.70. The van der Waals surface area contributed by atoms with Crippen LogP contribution in [0.4, 0.5) is 0 Å². The van der Waals surface area contributed by atoms with E-state index in [-0.39, 0.29) is 0 Å². The van der Waals surface area contributed by atoms with E-state index in [0.717, 1.165) is 11.6 Å². The third-order valence-corrected chi connectivity index (χ3v) is 4.17. The molecule has 12 heavy (non-hydrogen) atoms. The maximum absolute atomic E-state index is 2.96. The van der Waals surface area contributed by atoms with Crippen LogP contribution in [0.3, 0.4) is 0 Å². The second-order valence-electron chi connectivity index (χ2n) is 4.65. The summed E-state index contributed by atoms with van der Waals surface area (Å²) in [5.74, 6) is 0.838. The van der Waals surface area contributed by atoms with Crippen molar-refractivity contribution in [1.29, 1.82) is 0 Å². The molecule has 0 bridgehead atoms. The predicted octanol–water partition coefficient (Wildman–Crippen LogP) is 4.10. The van der Waals surface area contributed by atoms with Gasteiger partial charge in [0.05, 0.1) is 0 Å². The van der Waals surface area contributed by atoms with Crippen molar-refractivity contribution in [2.24, 2.45) is 11.3 Å². The third kappa shape index (κ3) is 3.90. The van der Waals surface area contributed by atoms with Gasteiger partial charge in [-0.1, -0.05) is 41.0 Å². The molecule has 0 radical (unpaired) electrons. The monoisotopic (exact) mass is 188 g/mol. The van der Waals surface area contributed by atoms with Gasteiger partial charge in [-0.2, -0.15) is 0 Å². The van der Waals surface area contributed by atoms with Crippen LogP contribution in [0.15, 0.2) is 0 Å². The molecule has 3 atom stereocenters. The molecule has 0 saturated heterocycles. The van der Waals surface area contributed by atoms with Crippen molar-refractivity contribution in [3.05, 3.63) is 0 Å². The molecule has 0 nitrogen and oxygen atoms in total. The quantitative estimate of drug-likeness (QED) is 0.570. The first-order valence-corrected chi connectivity index (χ1v) is 5.86. The molecule has 0 aromatic heterocycles. The van der Waals surface area contributed by atoms with Crippen molar-refractivity contribution in [2.75, 3.05) is 0 Å². The summed E-state index contributed by atoms with van der Waals surface area (Å²) >= 11 is 0. The summed E-state index contributed by atoms with van der Waals surface area (Å²) in [7, 11) is 2.96. The van der Waals surface area contributed by atoms with Crippen LogP contribution in [-0.2, 0) is 0 Å². The number of hydrogen-bond donors (Lipinski definition) is 0. The summed E-state index contributed by atoms with van der Waals surface area (Å²) in [5, 5.41) is 0. The summed E-state index contributed by atoms with van der Waals surface area (Å²) < 4.78 is 0. The summed E-state index contributed by atoms with van der Waals surface area (Å²) in [6, 6.07) is 0. The molecule has 0 N–H and O–H groups in total. The fourth-order valence-electron chi connectivity index (χ4n) is 1.29. The molecule has 0 aliphatic rings. The highest BCUT2D eigenvalue weighted by molar-refractivity contribution is 7.17. The Morgan fingerprint density at radius 1 is 1.25 bits per heavy atom. The molecule has 0 saturated carbocycles. The second-order valence-corrected chi connectivity index (χ2v) is 5.59. The number of hydrogen-bond acceptors (Lipinski definition) is 0. The van der Waals surface area contributed by atoms with Gasteiger partial charge in [0.15, 0.2) is 0 Å². The van der Waals surface area contributed by atoms with Crippen LogP contribution in [0, 0.1) is 11.3 Å². The van der Waals surface area contributed by atoms with Crippen LogP contribution in [0.25, 0.3) is 0 Å². The zero-order valence-electron chi connectivity index (χ0n) is 9.35. The molecular formula is C11H25P. The average Bonchev–Trinajstić information content (AvgIpc) is 2.04. The zero-order chi connectivity index (χ0) is 9.78. The van der Waals surface area contributed by atoms with E-state index in [1.165, 1.54) is 19.3 Å². The maximum atomic E-state index is 2.96. The Balaban J connectivity index is 3.93. The Morgan fingerprint density at radius 2 is 1.75 bits per heavy atom. The first-order valence-electron chi connectivity index (χ1n) is 5.19. The summed E-state index contributed by atoms with van der Waals surface area (Å²) in [6.07, 6.45) is 3.92. The van der Waals surface area contributed by atoms with Crippen molar-refractivity contribution >= 4 is 9.24 Å². The molecule has 0 spiro atoms. The van der Waals surface area contributed by atoms with E-state index in [4.69, 9.17) is 0 Å². The molecule has 0 rings (SSSR count). The van der Waals surface area contributed by atoms with E-state index in [0.29, 0.717) is 5.41 Å². The van der Waals surface area contributed by atoms with E-state index < -0.39 is 0 Å². The Bertz CT molecular complexity index is 118. The van der Waals surface area contributed by atoms with Crippen LogP contribution in [0.2, 0.25) is 0 Å². The molecule has 0 aromatic rings. The van der Waals surface area contributed by atoms with Crippen molar-refractivity contribution in [3.8, 4) is 0 Å². The lowest BCUT2D eigenvalue weighted by molar-refractivity contribution is 0.207. The lowest BCUT2D eigenvalue weighted by Gasteiger charge is -2.32. The first kappa shape index (κ1) is 12.4. The average molecular weight is 188 g/mol. The SMILES string of the molecule is CCC(P)CC(C)C(C)(C)CC. The van der Waals surface area contributed by atoms with Gasteiger partial charge in [0, 0.05) is 0 Å². The van der Waals surface area contributed by atoms with Crippen molar-refractivity contribution in [1.82, 2.24) is 0 Å². The van der Waals surface area contributed by atoms with Crippen LogP contribution in [-0.4, -0.2) is 5.66 Å². The van der Waals surface area contributed by atoms with Crippen LogP contribution >= 0.6 is 9.24 Å². The minimum Gasteiger partial charge on any atom is -0.134 e. The fraction of sp³-hybridized carbons (Fsp3) is 1.00. The normalized spacial score (nSPS) is 17.5. The van der Waals surface area contributed by atoms with Crippen molar-refractivity contribution in [2.45, 2.75) is 59.5 Å². The van der Waals surface area contributed by atoms with Crippen molar-refractivity contribution < 1.29 is 0 Å². The van der Waals surface area contributed by atoms with Gasteiger partial charge in [-0.3, -0.25) is 0 Å². The van der Waals surface area contributed by atoms with Gasteiger partial charge in [-0.25, -0.2) is 0 Å². The lowest BCUT2D eigenvalue weighted by Crippen LogP contribution is -2.23. The molecular weight excluding hydrogens is 163 g/mol. The Morgan fingerprint density at radius 3 is 2.08 bits per heavy atom. The van der Waals surface area contributed by atoms with Crippen LogP contribution in [0.5, 0.6) is 0 Å².